The van der Waals surface area contributed by atoms with Crippen molar-refractivity contribution in [3.8, 4) is 0 Å². The molecule has 0 aliphatic heterocycles. The van der Waals surface area contributed by atoms with E-state index in [0.717, 1.165) is 0 Å². The summed E-state index contributed by atoms with van der Waals surface area (Å²) in [5.74, 6) is 0. The second-order valence-corrected chi connectivity index (χ2v) is 1.33. The van der Waals surface area contributed by atoms with Gasteiger partial charge in [0.25, 0.3) is 0 Å². The van der Waals surface area contributed by atoms with Crippen molar-refractivity contribution in [1.82, 2.24) is 0 Å². The maximum Gasteiger partial charge on any atom is 0.102 e. The lowest BCUT2D eigenvalue weighted by atomic mass is 10.4. The van der Waals surface area contributed by atoms with Crippen molar-refractivity contribution < 1.29 is 14.5 Å². The normalized spacial score (nSPS) is 12.4. The third kappa shape index (κ3) is 6.70. The molecule has 5 heteroatoms. The predicted octanol–water partition coefficient (Wildman–Crippen LogP) is -0.871. The zero-order valence-electron chi connectivity index (χ0n) is 4.25. The van der Waals surface area contributed by atoms with E-state index in [-0.39, 0.29) is 30.6 Å². The number of aliphatic hydroxyl groups is 2. The van der Waals surface area contributed by atoms with Crippen molar-refractivity contribution in [2.24, 2.45) is 0 Å². The Morgan fingerprint density at radius 3 is 2.25 bits per heavy atom. The van der Waals surface area contributed by atoms with Gasteiger partial charge in [0.05, 0.1) is 25.1 Å². The maximum atomic E-state index is 8.40. The highest BCUT2D eigenvalue weighted by Gasteiger charge is 1.98. The van der Waals surface area contributed by atoms with Gasteiger partial charge in [0.2, 0.25) is 0 Å². The molecule has 3 nitrogen and oxygen atoms in total. The molecule has 0 aromatic carbocycles. The van der Waals surface area contributed by atoms with Gasteiger partial charge in [0.1, 0.15) is 6.10 Å². The fraction of sp³-hybridized carbons (Fsp3) is 1.00. The van der Waals surface area contributed by atoms with Crippen LogP contribution in [0, 0.1) is 0 Å². The Kier molecular flexibility index (Phi) is 11.1. The fourth-order valence-electron chi connectivity index (χ4n) is 0.125. The highest BCUT2D eigenvalue weighted by molar-refractivity contribution is 6.07. The minimum absolute atomic E-state index is 0. The van der Waals surface area contributed by atoms with Crippen molar-refractivity contribution >= 4 is 29.2 Å². The number of hydrogen-bond donors (Lipinski definition) is 2. The van der Waals surface area contributed by atoms with Crippen LogP contribution >= 0.6 is 11.9 Å². The molecule has 0 rings (SSSR count). The van der Waals surface area contributed by atoms with Crippen molar-refractivity contribution in [1.29, 1.82) is 0 Å². The van der Waals surface area contributed by atoms with E-state index in [2.05, 4.69) is 4.29 Å². The first-order valence-corrected chi connectivity index (χ1v) is 2.14. The summed E-state index contributed by atoms with van der Waals surface area (Å²) in [4.78, 5) is 0. The van der Waals surface area contributed by atoms with Crippen LogP contribution in [0.5, 0.6) is 0 Å². The first-order valence-electron chi connectivity index (χ1n) is 1.83. The molecule has 2 N–H and O–H groups in total. The van der Waals surface area contributed by atoms with Gasteiger partial charge in [0.15, 0.2) is 0 Å². The lowest BCUT2D eigenvalue weighted by Gasteiger charge is -1.99. The molecule has 0 amide bonds. The summed E-state index contributed by atoms with van der Waals surface area (Å²) in [6.45, 7) is -0.342. The molecular weight excluding hydrogens is 146 g/mol. The molecule has 0 saturated heterocycles. The molecule has 0 aromatic heterocycles. The molecular formula is C3H7AlClO3. The van der Waals surface area contributed by atoms with Crippen LogP contribution < -0.4 is 0 Å². The van der Waals surface area contributed by atoms with E-state index in [0.29, 0.717) is 0 Å². The summed E-state index contributed by atoms with van der Waals surface area (Å²) in [5.41, 5.74) is 0. The monoisotopic (exact) mass is 153 g/mol. The molecule has 0 bridgehead atoms. The number of rotatable bonds is 3. The Morgan fingerprint density at radius 1 is 1.62 bits per heavy atom. The molecule has 0 aliphatic carbocycles. The second-order valence-electron chi connectivity index (χ2n) is 1.11. The van der Waals surface area contributed by atoms with E-state index in [4.69, 9.17) is 22.1 Å². The van der Waals surface area contributed by atoms with Crippen LogP contribution in [-0.4, -0.2) is 46.9 Å². The van der Waals surface area contributed by atoms with Crippen LogP contribution in [0.1, 0.15) is 0 Å². The molecule has 1 unspecified atom stereocenters. The summed E-state index contributed by atoms with van der Waals surface area (Å²) in [7, 11) is 0. The summed E-state index contributed by atoms with van der Waals surface area (Å²) in [5, 5.41) is 16.5. The molecule has 47 valence electrons. The standard InChI is InChI=1S/C3H7ClO3.Al/c4-7-2-3(6)1-5;/h3,5-6H,1-2H2;. The van der Waals surface area contributed by atoms with E-state index < -0.39 is 6.10 Å². The smallest absolute Gasteiger partial charge is 0.102 e. The van der Waals surface area contributed by atoms with Crippen LogP contribution in [0.4, 0.5) is 0 Å². The SMILES string of the molecule is OCC(O)COCl.[Al]. The Bertz CT molecular complexity index is 45.5. The van der Waals surface area contributed by atoms with Gasteiger partial charge in [-0.25, -0.2) is 0 Å². The highest BCUT2D eigenvalue weighted by Crippen LogP contribution is 1.84. The molecule has 0 spiro atoms. The lowest BCUT2D eigenvalue weighted by Crippen LogP contribution is -2.16. The van der Waals surface area contributed by atoms with Gasteiger partial charge >= 0.3 is 0 Å². The van der Waals surface area contributed by atoms with Crippen molar-refractivity contribution in [2.45, 2.75) is 6.10 Å². The molecule has 0 saturated carbocycles. The summed E-state index contributed by atoms with van der Waals surface area (Å²) in [6.07, 6.45) is -0.850. The predicted molar refractivity (Wildman–Crippen MR) is 30.7 cm³/mol. The summed E-state index contributed by atoms with van der Waals surface area (Å²) in [6, 6.07) is 0. The van der Waals surface area contributed by atoms with Gasteiger partial charge in [-0.3, -0.25) is 4.29 Å². The molecule has 0 fully saturated rings. The van der Waals surface area contributed by atoms with Crippen molar-refractivity contribution in [2.75, 3.05) is 13.2 Å². The van der Waals surface area contributed by atoms with Crippen molar-refractivity contribution in [3.05, 3.63) is 0 Å². The Labute approximate surface area is 63.5 Å². The van der Waals surface area contributed by atoms with E-state index >= 15 is 0 Å². The Morgan fingerprint density at radius 2 is 2.12 bits per heavy atom. The van der Waals surface area contributed by atoms with Gasteiger partial charge in [0, 0.05) is 17.4 Å². The average Bonchev–Trinajstić information content (AvgIpc) is 1.68. The van der Waals surface area contributed by atoms with Crippen LogP contribution in [0.3, 0.4) is 0 Å². The molecule has 0 aromatic rings. The van der Waals surface area contributed by atoms with E-state index in [1.54, 1.807) is 0 Å². The second kappa shape index (κ2) is 7.70. The zero-order valence-corrected chi connectivity index (χ0v) is 6.16. The van der Waals surface area contributed by atoms with Crippen LogP contribution in [0.15, 0.2) is 0 Å². The molecule has 8 heavy (non-hydrogen) atoms. The van der Waals surface area contributed by atoms with Crippen LogP contribution in [0.25, 0.3) is 0 Å². The maximum absolute atomic E-state index is 8.40. The first kappa shape index (κ1) is 11.5. The van der Waals surface area contributed by atoms with Gasteiger partial charge in [-0.1, -0.05) is 0 Å². The summed E-state index contributed by atoms with van der Waals surface area (Å²) >= 11 is 4.70. The fourth-order valence-corrected chi connectivity index (χ4v) is 0.271. The quantitative estimate of drug-likeness (QED) is 0.519. The topological polar surface area (TPSA) is 49.7 Å². The summed E-state index contributed by atoms with van der Waals surface area (Å²) < 4.78 is 3.96. The Balaban J connectivity index is 0. The first-order chi connectivity index (χ1) is 3.31. The molecule has 3 radical (unpaired) electrons. The van der Waals surface area contributed by atoms with Crippen LogP contribution in [0.2, 0.25) is 0 Å². The number of aliphatic hydroxyl groups excluding tert-OH is 2. The Hall–Kier alpha value is 0.702. The molecule has 0 aliphatic rings. The number of halogens is 1. The largest absolute Gasteiger partial charge is 0.394 e. The minimum Gasteiger partial charge on any atom is -0.394 e. The lowest BCUT2D eigenvalue weighted by molar-refractivity contribution is 0.0569. The third-order valence-electron chi connectivity index (χ3n) is 0.466. The number of hydrogen-bond acceptors (Lipinski definition) is 3. The zero-order chi connectivity index (χ0) is 5.70. The third-order valence-corrected chi connectivity index (χ3v) is 0.592. The van der Waals surface area contributed by atoms with Gasteiger partial charge in [-0.05, 0) is 0 Å². The van der Waals surface area contributed by atoms with Crippen LogP contribution in [-0.2, 0) is 4.29 Å². The molecule has 1 atom stereocenters. The van der Waals surface area contributed by atoms with Gasteiger partial charge in [-0.15, -0.1) is 0 Å². The minimum atomic E-state index is -0.850. The average molecular weight is 154 g/mol. The van der Waals surface area contributed by atoms with E-state index in [1.807, 2.05) is 0 Å². The van der Waals surface area contributed by atoms with E-state index in [9.17, 15) is 0 Å². The molecule has 0 heterocycles. The van der Waals surface area contributed by atoms with E-state index in [1.165, 1.54) is 0 Å². The van der Waals surface area contributed by atoms with Crippen molar-refractivity contribution in [3.63, 3.8) is 0 Å². The van der Waals surface area contributed by atoms with Gasteiger partial charge < -0.3 is 10.2 Å². The highest BCUT2D eigenvalue weighted by atomic mass is 35.5. The van der Waals surface area contributed by atoms with Gasteiger partial charge in [-0.2, -0.15) is 0 Å².